The van der Waals surface area contributed by atoms with E-state index < -0.39 is 5.82 Å². The Hall–Kier alpha value is -2.87. The normalized spacial score (nSPS) is 14.8. The summed E-state index contributed by atoms with van der Waals surface area (Å²) < 4.78 is 18.7. The summed E-state index contributed by atoms with van der Waals surface area (Å²) in [5.74, 6) is -0.929. The van der Waals surface area contributed by atoms with Crippen molar-refractivity contribution in [3.8, 4) is 5.75 Å². The van der Waals surface area contributed by atoms with Gasteiger partial charge in [0.25, 0.3) is 5.91 Å². The third-order valence-corrected chi connectivity index (χ3v) is 6.02. The third kappa shape index (κ3) is 6.13. The van der Waals surface area contributed by atoms with E-state index in [0.717, 1.165) is 22.5 Å². The van der Waals surface area contributed by atoms with Gasteiger partial charge in [-0.2, -0.15) is 0 Å². The molecule has 2 N–H and O–H groups in total. The number of nitrogens with zero attached hydrogens (tertiary/aromatic N) is 1. The maximum absolute atomic E-state index is 13.4. The summed E-state index contributed by atoms with van der Waals surface area (Å²) in [6.45, 7) is 0.819. The molecule has 4 rings (SSSR count). The van der Waals surface area contributed by atoms with Crippen LogP contribution in [0.4, 0.5) is 10.1 Å². The van der Waals surface area contributed by atoms with Gasteiger partial charge in [0.2, 0.25) is 5.91 Å². The molecule has 9 heteroatoms. The summed E-state index contributed by atoms with van der Waals surface area (Å²) in [4.78, 5) is 24.8. The first-order valence-corrected chi connectivity index (χ1v) is 11.3. The van der Waals surface area contributed by atoms with Gasteiger partial charge >= 0.3 is 0 Å². The van der Waals surface area contributed by atoms with Crippen LogP contribution in [0, 0.1) is 11.7 Å². The number of benzene rings is 3. The number of ether oxygens (including phenoxy) is 1. The Morgan fingerprint density at radius 2 is 1.73 bits per heavy atom. The number of piperidine rings is 1. The van der Waals surface area contributed by atoms with E-state index >= 15 is 0 Å². The van der Waals surface area contributed by atoms with Gasteiger partial charge in [-0.15, -0.1) is 0 Å². The molecule has 0 atom stereocenters. The van der Waals surface area contributed by atoms with Gasteiger partial charge in [0.15, 0.2) is 6.61 Å². The predicted octanol–water partition coefficient (Wildman–Crippen LogP) is 5.05. The Bertz CT molecular complexity index is 1180. The molecular formula is C24H22Cl2FN3O3. The van der Waals surface area contributed by atoms with Crippen LogP contribution < -0.4 is 15.5 Å². The standard InChI is InChI=1S/C24H22Cl2FN3O3/c25-18-3-1-17-12-19(4-2-16(17)11-18)28-24(32)15-7-9-30(10-8-15)29-23(31)14-33-20-5-6-21(26)22(27)13-20/h1-6,11-13,15H,7-10,14H2,(H,28,32)(H,29,31). The van der Waals surface area contributed by atoms with Crippen LogP contribution in [0.25, 0.3) is 10.8 Å². The summed E-state index contributed by atoms with van der Waals surface area (Å²) in [5.41, 5.74) is 3.49. The number of hydrogen-bond donors (Lipinski definition) is 2. The second-order valence-electron chi connectivity index (χ2n) is 7.86. The number of fused-ring (bicyclic) bond motifs is 1. The highest BCUT2D eigenvalue weighted by Crippen LogP contribution is 2.24. The number of nitrogens with one attached hydrogen (secondary N) is 2. The number of anilines is 1. The maximum atomic E-state index is 13.4. The topological polar surface area (TPSA) is 70.7 Å². The van der Waals surface area contributed by atoms with Crippen molar-refractivity contribution in [2.24, 2.45) is 5.92 Å². The van der Waals surface area contributed by atoms with Crippen LogP contribution in [0.15, 0.2) is 54.6 Å². The van der Waals surface area contributed by atoms with Gasteiger partial charge in [0, 0.05) is 35.8 Å². The Morgan fingerprint density at radius 1 is 1.00 bits per heavy atom. The molecule has 0 spiro atoms. The molecule has 2 amide bonds. The molecule has 1 saturated heterocycles. The van der Waals surface area contributed by atoms with E-state index in [4.69, 9.17) is 27.9 Å². The number of halogens is 3. The Balaban J connectivity index is 1.22. The minimum atomic E-state index is -0.608. The van der Waals surface area contributed by atoms with Crippen molar-refractivity contribution in [2.75, 3.05) is 25.0 Å². The molecule has 3 aromatic rings. The highest BCUT2D eigenvalue weighted by Gasteiger charge is 2.26. The summed E-state index contributed by atoms with van der Waals surface area (Å²) in [7, 11) is 0. The average molecular weight is 490 g/mol. The third-order valence-electron chi connectivity index (χ3n) is 5.48. The summed E-state index contributed by atoms with van der Waals surface area (Å²) >= 11 is 11.6. The Morgan fingerprint density at radius 3 is 2.48 bits per heavy atom. The van der Waals surface area contributed by atoms with Crippen LogP contribution in [0.5, 0.6) is 5.75 Å². The lowest BCUT2D eigenvalue weighted by Crippen LogP contribution is -2.49. The van der Waals surface area contributed by atoms with Crippen LogP contribution in [0.1, 0.15) is 12.8 Å². The highest BCUT2D eigenvalue weighted by atomic mass is 35.5. The van der Waals surface area contributed by atoms with Gasteiger partial charge in [0.05, 0.1) is 5.02 Å². The number of hydrazine groups is 1. The number of hydrogen-bond acceptors (Lipinski definition) is 4. The van der Waals surface area contributed by atoms with Crippen molar-refractivity contribution in [1.29, 1.82) is 0 Å². The molecule has 1 aliphatic heterocycles. The van der Waals surface area contributed by atoms with Crippen molar-refractivity contribution in [2.45, 2.75) is 12.8 Å². The van der Waals surface area contributed by atoms with Crippen LogP contribution in [-0.4, -0.2) is 36.5 Å². The fourth-order valence-corrected chi connectivity index (χ4v) is 4.01. The van der Waals surface area contributed by atoms with E-state index in [9.17, 15) is 14.0 Å². The minimum absolute atomic E-state index is 0.00996. The quantitative estimate of drug-likeness (QED) is 0.508. The van der Waals surface area contributed by atoms with E-state index in [2.05, 4.69) is 10.7 Å². The number of rotatable bonds is 6. The molecule has 6 nitrogen and oxygen atoms in total. The lowest BCUT2D eigenvalue weighted by molar-refractivity contribution is -0.129. The van der Waals surface area contributed by atoms with E-state index in [-0.39, 0.29) is 35.1 Å². The molecule has 0 aliphatic carbocycles. The first kappa shape index (κ1) is 23.3. The lowest BCUT2D eigenvalue weighted by Gasteiger charge is -2.31. The van der Waals surface area contributed by atoms with Gasteiger partial charge < -0.3 is 10.1 Å². The smallest absolute Gasteiger partial charge is 0.272 e. The van der Waals surface area contributed by atoms with Crippen LogP contribution in [0.2, 0.25) is 10.0 Å². The highest BCUT2D eigenvalue weighted by molar-refractivity contribution is 6.31. The van der Waals surface area contributed by atoms with E-state index in [1.807, 2.05) is 36.4 Å². The molecule has 172 valence electrons. The molecule has 33 heavy (non-hydrogen) atoms. The Labute approximate surface area is 200 Å². The van der Waals surface area contributed by atoms with Gasteiger partial charge in [-0.05, 0) is 60.0 Å². The molecule has 0 aromatic heterocycles. The summed E-state index contributed by atoms with van der Waals surface area (Å²) in [6.07, 6.45) is 1.22. The molecule has 1 heterocycles. The predicted molar refractivity (Wildman–Crippen MR) is 127 cm³/mol. The molecule has 0 saturated carbocycles. The molecule has 0 bridgehead atoms. The van der Waals surface area contributed by atoms with Crippen LogP contribution >= 0.6 is 23.2 Å². The van der Waals surface area contributed by atoms with Gasteiger partial charge in [-0.3, -0.25) is 15.0 Å². The van der Waals surface area contributed by atoms with Crippen LogP contribution in [0.3, 0.4) is 0 Å². The fraction of sp³-hybridized carbons (Fsp3) is 0.250. The largest absolute Gasteiger partial charge is 0.484 e. The fourth-order valence-electron chi connectivity index (χ4n) is 3.72. The lowest BCUT2D eigenvalue weighted by atomic mass is 9.96. The first-order valence-electron chi connectivity index (χ1n) is 10.5. The number of carbonyl (C=O) groups is 2. The zero-order chi connectivity index (χ0) is 23.4. The molecular weight excluding hydrogens is 468 g/mol. The summed E-state index contributed by atoms with van der Waals surface area (Å²) in [5, 5.41) is 7.41. The number of carbonyl (C=O) groups excluding carboxylic acids is 2. The van der Waals surface area contributed by atoms with Crippen molar-refractivity contribution in [3.05, 3.63) is 70.5 Å². The van der Waals surface area contributed by atoms with Gasteiger partial charge in [-0.1, -0.05) is 35.3 Å². The number of amides is 2. The zero-order valence-electron chi connectivity index (χ0n) is 17.6. The summed E-state index contributed by atoms with van der Waals surface area (Å²) in [6, 6.07) is 15.3. The molecule has 0 unspecified atom stereocenters. The van der Waals surface area contributed by atoms with Crippen molar-refractivity contribution in [3.63, 3.8) is 0 Å². The maximum Gasteiger partial charge on any atom is 0.272 e. The van der Waals surface area contributed by atoms with E-state index in [1.54, 1.807) is 5.01 Å². The van der Waals surface area contributed by atoms with E-state index in [0.29, 0.717) is 31.0 Å². The van der Waals surface area contributed by atoms with Crippen molar-refractivity contribution >= 4 is 51.5 Å². The first-order chi connectivity index (χ1) is 15.9. The molecule has 1 fully saturated rings. The van der Waals surface area contributed by atoms with E-state index in [1.165, 1.54) is 12.1 Å². The van der Waals surface area contributed by atoms with Crippen molar-refractivity contribution < 1.29 is 18.7 Å². The van der Waals surface area contributed by atoms with Crippen LogP contribution in [-0.2, 0) is 9.59 Å². The average Bonchev–Trinajstić information content (AvgIpc) is 2.80. The molecule has 3 aromatic carbocycles. The second kappa shape index (κ2) is 10.4. The Kier molecular flexibility index (Phi) is 7.33. The van der Waals surface area contributed by atoms with Gasteiger partial charge in [0.1, 0.15) is 11.6 Å². The van der Waals surface area contributed by atoms with Crippen molar-refractivity contribution in [1.82, 2.24) is 10.4 Å². The molecule has 1 aliphatic rings. The monoisotopic (exact) mass is 489 g/mol. The zero-order valence-corrected chi connectivity index (χ0v) is 19.1. The SMILES string of the molecule is O=C(COc1ccc(Cl)c(F)c1)NN1CCC(C(=O)Nc2ccc3cc(Cl)ccc3c2)CC1. The van der Waals surface area contributed by atoms with Gasteiger partial charge in [-0.25, -0.2) is 9.40 Å². The second-order valence-corrected chi connectivity index (χ2v) is 8.70. The molecule has 0 radical (unpaired) electrons. The minimum Gasteiger partial charge on any atom is -0.484 e.